The molecule has 0 fully saturated rings. The van der Waals surface area contributed by atoms with Gasteiger partial charge in [0.1, 0.15) is 5.82 Å². The highest BCUT2D eigenvalue weighted by Gasteiger charge is 2.12. The molecule has 1 amide bonds. The molecule has 0 atom stereocenters. The van der Waals surface area contributed by atoms with Gasteiger partial charge in [0.15, 0.2) is 0 Å². The van der Waals surface area contributed by atoms with Gasteiger partial charge in [-0.2, -0.15) is 0 Å². The van der Waals surface area contributed by atoms with Crippen molar-refractivity contribution >= 4 is 28.3 Å². The number of carbonyl (C=O) groups is 1. The summed E-state index contributed by atoms with van der Waals surface area (Å²) in [6.45, 7) is 2.46. The molecule has 2 heterocycles. The number of amides is 1. The summed E-state index contributed by atoms with van der Waals surface area (Å²) in [5.74, 6) is 0.742. The maximum atomic E-state index is 12.1. The number of carbonyl (C=O) groups excluding carboxylic acids is 1. The molecule has 0 saturated heterocycles. The van der Waals surface area contributed by atoms with Crippen LogP contribution in [0.4, 0.5) is 0 Å². The lowest BCUT2D eigenvalue weighted by Gasteiger charge is -2.03. The van der Waals surface area contributed by atoms with E-state index >= 15 is 0 Å². The molecule has 0 saturated carbocycles. The highest BCUT2D eigenvalue weighted by molar-refractivity contribution is 7.12. The highest BCUT2D eigenvalue weighted by Crippen LogP contribution is 2.17. The van der Waals surface area contributed by atoms with Crippen LogP contribution < -0.4 is 5.32 Å². The summed E-state index contributed by atoms with van der Waals surface area (Å²) in [6.07, 6.45) is 0.872. The second-order valence-corrected chi connectivity index (χ2v) is 5.43. The minimum atomic E-state index is -0.0303. The summed E-state index contributed by atoms with van der Waals surface area (Å²) in [6, 6.07) is 9.83. The normalized spacial score (nSPS) is 10.8. The molecule has 0 radical (unpaired) electrons. The van der Waals surface area contributed by atoms with Crippen molar-refractivity contribution in [2.45, 2.75) is 19.9 Å². The smallest absolute Gasteiger partial charge is 0.262 e. The Bertz CT molecular complexity index is 711. The van der Waals surface area contributed by atoms with E-state index in [-0.39, 0.29) is 5.91 Å². The zero-order valence-electron chi connectivity index (χ0n) is 11.1. The fourth-order valence-electron chi connectivity index (χ4n) is 2.15. The predicted octanol–water partition coefficient (Wildman–Crippen LogP) is 3.12. The Balaban J connectivity index is 1.71. The Morgan fingerprint density at radius 3 is 3.00 bits per heavy atom. The number of para-hydroxylation sites is 2. The summed E-state index contributed by atoms with van der Waals surface area (Å²) in [4.78, 5) is 20.6. The zero-order chi connectivity index (χ0) is 13.9. The van der Waals surface area contributed by atoms with Gasteiger partial charge >= 0.3 is 0 Å². The summed E-state index contributed by atoms with van der Waals surface area (Å²) < 4.78 is 0. The van der Waals surface area contributed by atoms with E-state index in [1.165, 1.54) is 11.3 Å². The van der Waals surface area contributed by atoms with Crippen molar-refractivity contribution in [3.05, 3.63) is 52.0 Å². The Kier molecular flexibility index (Phi) is 3.52. The van der Waals surface area contributed by atoms with Crippen LogP contribution in [0.2, 0.25) is 0 Å². The number of aromatic nitrogens is 2. The molecule has 20 heavy (non-hydrogen) atoms. The van der Waals surface area contributed by atoms with Crippen LogP contribution in [0.1, 0.15) is 28.0 Å². The molecule has 2 aromatic heterocycles. The summed E-state index contributed by atoms with van der Waals surface area (Å²) in [7, 11) is 0. The first kappa shape index (κ1) is 12.9. The fraction of sp³-hybridized carbons (Fsp3) is 0.200. The van der Waals surface area contributed by atoms with Crippen LogP contribution in [0, 0.1) is 0 Å². The number of aromatic amines is 1. The molecule has 0 bridgehead atoms. The molecular weight excluding hydrogens is 270 g/mol. The van der Waals surface area contributed by atoms with E-state index in [4.69, 9.17) is 0 Å². The highest BCUT2D eigenvalue weighted by atomic mass is 32.1. The third-order valence-electron chi connectivity index (χ3n) is 3.19. The van der Waals surface area contributed by atoms with Gasteiger partial charge in [0.25, 0.3) is 5.91 Å². The van der Waals surface area contributed by atoms with Crippen molar-refractivity contribution in [3.63, 3.8) is 0 Å². The number of nitrogens with zero attached hydrogens (tertiary/aromatic N) is 1. The maximum absolute atomic E-state index is 12.1. The molecule has 3 rings (SSSR count). The Morgan fingerprint density at radius 1 is 1.35 bits per heavy atom. The van der Waals surface area contributed by atoms with E-state index in [1.54, 1.807) is 0 Å². The number of hydrogen-bond donors (Lipinski definition) is 2. The SMILES string of the molecule is CCc1ccsc1C(=O)NCc1nc2ccccc2[nH]1. The molecule has 2 N–H and O–H groups in total. The van der Waals surface area contributed by atoms with Crippen molar-refractivity contribution in [1.82, 2.24) is 15.3 Å². The number of imidazole rings is 1. The van der Waals surface area contributed by atoms with Gasteiger partial charge in [0.2, 0.25) is 0 Å². The Morgan fingerprint density at radius 2 is 2.20 bits per heavy atom. The Labute approximate surface area is 120 Å². The fourth-order valence-corrected chi connectivity index (χ4v) is 3.06. The number of benzene rings is 1. The van der Waals surface area contributed by atoms with Crippen molar-refractivity contribution in [3.8, 4) is 0 Å². The van der Waals surface area contributed by atoms with Gasteiger partial charge in [-0.3, -0.25) is 4.79 Å². The maximum Gasteiger partial charge on any atom is 0.262 e. The third kappa shape index (κ3) is 2.44. The van der Waals surface area contributed by atoms with Crippen molar-refractivity contribution in [1.29, 1.82) is 0 Å². The molecule has 0 aliphatic rings. The van der Waals surface area contributed by atoms with Gasteiger partial charge in [-0.25, -0.2) is 4.98 Å². The zero-order valence-corrected chi connectivity index (χ0v) is 12.0. The quantitative estimate of drug-likeness (QED) is 0.774. The standard InChI is InChI=1S/C15H15N3OS/c1-2-10-7-8-20-14(10)15(19)16-9-13-17-11-5-3-4-6-12(11)18-13/h3-8H,2,9H2,1H3,(H,16,19)(H,17,18). The van der Waals surface area contributed by atoms with Crippen molar-refractivity contribution < 1.29 is 4.79 Å². The van der Waals surface area contributed by atoms with Crippen LogP contribution in [-0.2, 0) is 13.0 Å². The number of H-pyrrole nitrogens is 1. The van der Waals surface area contributed by atoms with Crippen LogP contribution in [0.3, 0.4) is 0 Å². The molecule has 102 valence electrons. The summed E-state index contributed by atoms with van der Waals surface area (Å²) >= 11 is 1.48. The summed E-state index contributed by atoms with van der Waals surface area (Å²) in [5, 5.41) is 4.87. The predicted molar refractivity (Wildman–Crippen MR) is 81.0 cm³/mol. The number of rotatable bonds is 4. The molecule has 5 heteroatoms. The number of thiophene rings is 1. The Hall–Kier alpha value is -2.14. The second kappa shape index (κ2) is 5.46. The minimum absolute atomic E-state index is 0.0303. The third-order valence-corrected chi connectivity index (χ3v) is 4.14. The van der Waals surface area contributed by atoms with E-state index < -0.39 is 0 Å². The van der Waals surface area contributed by atoms with Gasteiger partial charge in [0, 0.05) is 0 Å². The van der Waals surface area contributed by atoms with Crippen LogP contribution in [0.25, 0.3) is 11.0 Å². The lowest BCUT2D eigenvalue weighted by molar-refractivity contribution is 0.0953. The largest absolute Gasteiger partial charge is 0.344 e. The molecule has 0 aliphatic heterocycles. The molecule has 0 spiro atoms. The van der Waals surface area contributed by atoms with E-state index in [2.05, 4.69) is 22.2 Å². The minimum Gasteiger partial charge on any atom is -0.344 e. The van der Waals surface area contributed by atoms with Gasteiger partial charge in [0.05, 0.1) is 22.5 Å². The van der Waals surface area contributed by atoms with Gasteiger partial charge in [-0.05, 0) is 35.6 Å². The van der Waals surface area contributed by atoms with E-state index in [1.807, 2.05) is 35.7 Å². The van der Waals surface area contributed by atoms with Crippen molar-refractivity contribution in [2.24, 2.45) is 0 Å². The van der Waals surface area contributed by atoms with E-state index in [0.29, 0.717) is 6.54 Å². The van der Waals surface area contributed by atoms with Crippen LogP contribution in [-0.4, -0.2) is 15.9 Å². The average molecular weight is 285 g/mol. The van der Waals surface area contributed by atoms with Gasteiger partial charge in [-0.1, -0.05) is 19.1 Å². The summed E-state index contributed by atoms with van der Waals surface area (Å²) in [5.41, 5.74) is 3.00. The number of nitrogens with one attached hydrogen (secondary N) is 2. The number of fused-ring (bicyclic) bond motifs is 1. The molecular formula is C15H15N3OS. The first-order valence-corrected chi connectivity index (χ1v) is 7.44. The molecule has 1 aromatic carbocycles. The van der Waals surface area contributed by atoms with Crippen LogP contribution in [0.5, 0.6) is 0 Å². The van der Waals surface area contributed by atoms with Crippen LogP contribution >= 0.6 is 11.3 Å². The lowest BCUT2D eigenvalue weighted by atomic mass is 10.2. The monoisotopic (exact) mass is 285 g/mol. The van der Waals surface area contributed by atoms with E-state index in [0.717, 1.165) is 33.7 Å². The first-order chi connectivity index (χ1) is 9.78. The topological polar surface area (TPSA) is 57.8 Å². The average Bonchev–Trinajstić information content (AvgIpc) is 3.10. The number of hydrogen-bond acceptors (Lipinski definition) is 3. The molecule has 0 aliphatic carbocycles. The van der Waals surface area contributed by atoms with Crippen LogP contribution in [0.15, 0.2) is 35.7 Å². The van der Waals surface area contributed by atoms with Crippen molar-refractivity contribution in [2.75, 3.05) is 0 Å². The lowest BCUT2D eigenvalue weighted by Crippen LogP contribution is -2.23. The molecule has 0 unspecified atom stereocenters. The van der Waals surface area contributed by atoms with Gasteiger partial charge < -0.3 is 10.3 Å². The molecule has 3 aromatic rings. The first-order valence-electron chi connectivity index (χ1n) is 6.56. The van der Waals surface area contributed by atoms with E-state index in [9.17, 15) is 4.79 Å². The van der Waals surface area contributed by atoms with Gasteiger partial charge in [-0.15, -0.1) is 11.3 Å². The second-order valence-electron chi connectivity index (χ2n) is 4.51. The molecule has 4 nitrogen and oxygen atoms in total. The number of aryl methyl sites for hydroxylation is 1.